The molecule has 1 aromatic carbocycles. The minimum atomic E-state index is -0.213. The maximum Gasteiger partial charge on any atom is 0.268 e. The van der Waals surface area contributed by atoms with E-state index in [1.807, 2.05) is 25.2 Å². The van der Waals surface area contributed by atoms with Crippen LogP contribution in [-0.4, -0.2) is 10.5 Å². The Kier molecular flexibility index (Phi) is 3.30. The van der Waals surface area contributed by atoms with E-state index in [-0.39, 0.29) is 11.4 Å². The van der Waals surface area contributed by atoms with Crippen LogP contribution < -0.4 is 5.32 Å². The van der Waals surface area contributed by atoms with Crippen molar-refractivity contribution in [1.82, 2.24) is 9.88 Å². The van der Waals surface area contributed by atoms with Gasteiger partial charge in [0, 0.05) is 13.2 Å². The molecule has 2 aromatic rings. The highest BCUT2D eigenvalue weighted by molar-refractivity contribution is 6.31. The Hall–Kier alpha value is -1.74. The molecule has 0 aliphatic heterocycles. The van der Waals surface area contributed by atoms with Crippen molar-refractivity contribution in [3.8, 4) is 0 Å². The van der Waals surface area contributed by atoms with E-state index in [1.165, 1.54) is 5.56 Å². The number of halogens is 1. The minimum Gasteiger partial charge on any atom is -0.345 e. The van der Waals surface area contributed by atoms with E-state index in [9.17, 15) is 4.79 Å². The molecule has 1 amide bonds. The quantitative estimate of drug-likeness (QED) is 0.922. The second-order valence-corrected chi connectivity index (χ2v) is 5.85. The largest absolute Gasteiger partial charge is 0.345 e. The molecule has 3 nitrogen and oxygen atoms in total. The molecule has 1 aliphatic rings. The Morgan fingerprint density at radius 2 is 2.00 bits per heavy atom. The molecule has 3 rings (SSSR count). The number of aromatic nitrogens is 1. The van der Waals surface area contributed by atoms with E-state index in [0.717, 1.165) is 19.3 Å². The number of benzene rings is 1. The van der Waals surface area contributed by atoms with E-state index < -0.39 is 0 Å². The third-order valence-electron chi connectivity index (χ3n) is 4.09. The van der Waals surface area contributed by atoms with Crippen LogP contribution in [0, 0.1) is 0 Å². The lowest BCUT2D eigenvalue weighted by molar-refractivity contribution is 0.0815. The fourth-order valence-electron chi connectivity index (χ4n) is 2.80. The van der Waals surface area contributed by atoms with E-state index in [2.05, 4.69) is 17.4 Å². The van der Waals surface area contributed by atoms with Gasteiger partial charge in [0.2, 0.25) is 0 Å². The lowest BCUT2D eigenvalue weighted by atomic mass is 9.71. The number of hydrogen-bond acceptors (Lipinski definition) is 1. The second-order valence-electron chi connectivity index (χ2n) is 5.41. The van der Waals surface area contributed by atoms with Crippen LogP contribution in [0.15, 0.2) is 42.6 Å². The maximum absolute atomic E-state index is 12.5. The van der Waals surface area contributed by atoms with Crippen molar-refractivity contribution in [3.05, 3.63) is 58.9 Å². The highest BCUT2D eigenvalue weighted by Gasteiger charge is 2.40. The van der Waals surface area contributed by atoms with Gasteiger partial charge in [-0.15, -0.1) is 0 Å². The van der Waals surface area contributed by atoms with Crippen LogP contribution in [-0.2, 0) is 12.6 Å². The number of rotatable bonds is 3. The van der Waals surface area contributed by atoms with Gasteiger partial charge in [-0.25, -0.2) is 0 Å². The molecule has 0 unspecified atom stereocenters. The highest BCUT2D eigenvalue weighted by atomic mass is 35.5. The molecule has 104 valence electrons. The van der Waals surface area contributed by atoms with Gasteiger partial charge in [-0.2, -0.15) is 0 Å². The number of nitrogens with one attached hydrogen (secondary N) is 1. The molecule has 1 saturated carbocycles. The van der Waals surface area contributed by atoms with Crippen molar-refractivity contribution in [1.29, 1.82) is 0 Å². The lowest BCUT2D eigenvalue weighted by Gasteiger charge is -2.43. The van der Waals surface area contributed by atoms with Crippen molar-refractivity contribution >= 4 is 17.5 Å². The Labute approximate surface area is 123 Å². The van der Waals surface area contributed by atoms with Gasteiger partial charge in [0.1, 0.15) is 5.69 Å². The van der Waals surface area contributed by atoms with Crippen LogP contribution >= 0.6 is 11.6 Å². The zero-order valence-corrected chi connectivity index (χ0v) is 12.2. The number of hydrogen-bond donors (Lipinski definition) is 1. The molecule has 4 heteroatoms. The fourth-order valence-corrected chi connectivity index (χ4v) is 3.05. The number of carbonyl (C=O) groups excluding carboxylic acids is 1. The summed E-state index contributed by atoms with van der Waals surface area (Å²) in [6, 6.07) is 11.9. The number of amides is 1. The summed E-state index contributed by atoms with van der Waals surface area (Å²) in [5.74, 6) is -0.0667. The first-order valence-electron chi connectivity index (χ1n) is 6.81. The van der Waals surface area contributed by atoms with Crippen LogP contribution in [0.25, 0.3) is 0 Å². The third kappa shape index (κ3) is 2.22. The normalized spacial score (nSPS) is 16.5. The van der Waals surface area contributed by atoms with Crippen molar-refractivity contribution in [2.45, 2.75) is 24.8 Å². The summed E-state index contributed by atoms with van der Waals surface area (Å²) in [5, 5.41) is 3.78. The Bertz CT molecular complexity index is 629. The first-order chi connectivity index (χ1) is 9.61. The van der Waals surface area contributed by atoms with Crippen LogP contribution in [0.1, 0.15) is 35.3 Å². The topological polar surface area (TPSA) is 34.0 Å². The van der Waals surface area contributed by atoms with Crippen molar-refractivity contribution in [2.75, 3.05) is 0 Å². The van der Waals surface area contributed by atoms with Crippen LogP contribution in [0.3, 0.4) is 0 Å². The molecule has 0 spiro atoms. The molecule has 1 heterocycles. The van der Waals surface area contributed by atoms with Crippen LogP contribution in [0.4, 0.5) is 0 Å². The molecule has 20 heavy (non-hydrogen) atoms. The van der Waals surface area contributed by atoms with Crippen molar-refractivity contribution in [3.63, 3.8) is 0 Å². The van der Waals surface area contributed by atoms with Crippen LogP contribution in [0.2, 0.25) is 5.02 Å². The summed E-state index contributed by atoms with van der Waals surface area (Å²) in [6.07, 6.45) is 4.86. The smallest absolute Gasteiger partial charge is 0.268 e. The summed E-state index contributed by atoms with van der Waals surface area (Å²) in [4.78, 5) is 12.5. The molecule has 0 saturated heterocycles. The van der Waals surface area contributed by atoms with Gasteiger partial charge in [0.15, 0.2) is 0 Å². The standard InChI is InChI=1S/C16H17ClN2O/c1-19-11-13(17)10-14(19)15(20)18-16(8-5-9-16)12-6-3-2-4-7-12/h2-4,6-7,10-11H,5,8-9H2,1H3,(H,18,20). The summed E-state index contributed by atoms with van der Waals surface area (Å²) < 4.78 is 1.76. The first-order valence-corrected chi connectivity index (χ1v) is 7.18. The summed E-state index contributed by atoms with van der Waals surface area (Å²) in [5.41, 5.74) is 1.56. The molecule has 0 bridgehead atoms. The SMILES string of the molecule is Cn1cc(Cl)cc1C(=O)NC1(c2ccccc2)CCC1. The average Bonchev–Trinajstić information content (AvgIpc) is 2.74. The molecule has 1 aromatic heterocycles. The molecule has 1 aliphatic carbocycles. The number of aryl methyl sites for hydroxylation is 1. The number of carbonyl (C=O) groups is 1. The zero-order valence-electron chi connectivity index (χ0n) is 11.4. The first kappa shape index (κ1) is 13.3. The number of nitrogens with zero attached hydrogens (tertiary/aromatic N) is 1. The van der Waals surface area contributed by atoms with E-state index >= 15 is 0 Å². The zero-order chi connectivity index (χ0) is 14.2. The fraction of sp³-hybridized carbons (Fsp3) is 0.312. The molecule has 0 atom stereocenters. The third-order valence-corrected chi connectivity index (χ3v) is 4.30. The molecular weight excluding hydrogens is 272 g/mol. The van der Waals surface area contributed by atoms with Gasteiger partial charge < -0.3 is 9.88 Å². The Morgan fingerprint density at radius 3 is 2.50 bits per heavy atom. The summed E-state index contributed by atoms with van der Waals surface area (Å²) in [6.45, 7) is 0. The monoisotopic (exact) mass is 288 g/mol. The highest BCUT2D eigenvalue weighted by Crippen LogP contribution is 2.41. The predicted molar refractivity (Wildman–Crippen MR) is 79.9 cm³/mol. The minimum absolute atomic E-state index is 0.0667. The molecule has 0 radical (unpaired) electrons. The van der Waals surface area contributed by atoms with E-state index in [0.29, 0.717) is 10.7 Å². The van der Waals surface area contributed by atoms with E-state index in [4.69, 9.17) is 11.6 Å². The van der Waals surface area contributed by atoms with Gasteiger partial charge in [0.25, 0.3) is 5.91 Å². The average molecular weight is 289 g/mol. The maximum atomic E-state index is 12.5. The van der Waals surface area contributed by atoms with Gasteiger partial charge in [-0.05, 0) is 30.9 Å². The molecular formula is C16H17ClN2O. The summed E-state index contributed by atoms with van der Waals surface area (Å²) >= 11 is 5.95. The summed E-state index contributed by atoms with van der Waals surface area (Å²) in [7, 11) is 1.83. The van der Waals surface area contributed by atoms with Crippen molar-refractivity contribution < 1.29 is 4.79 Å². The molecule has 1 N–H and O–H groups in total. The van der Waals surface area contributed by atoms with Crippen LogP contribution in [0.5, 0.6) is 0 Å². The lowest BCUT2D eigenvalue weighted by Crippen LogP contribution is -2.51. The second kappa shape index (κ2) is 4.98. The van der Waals surface area contributed by atoms with Crippen molar-refractivity contribution in [2.24, 2.45) is 7.05 Å². The van der Waals surface area contributed by atoms with Gasteiger partial charge in [-0.3, -0.25) is 4.79 Å². The van der Waals surface area contributed by atoms with Gasteiger partial charge in [-0.1, -0.05) is 41.9 Å². The van der Waals surface area contributed by atoms with E-state index in [1.54, 1.807) is 16.8 Å². The van der Waals surface area contributed by atoms with Gasteiger partial charge in [0.05, 0.1) is 10.6 Å². The predicted octanol–water partition coefficient (Wildman–Crippen LogP) is 3.49. The Balaban J connectivity index is 1.86. The Morgan fingerprint density at radius 1 is 1.30 bits per heavy atom. The molecule has 1 fully saturated rings. The van der Waals surface area contributed by atoms with Gasteiger partial charge >= 0.3 is 0 Å².